The number of sulfonamides is 1. The van der Waals surface area contributed by atoms with Crippen molar-refractivity contribution < 1.29 is 31.2 Å². The first-order valence-corrected chi connectivity index (χ1v) is 14.1. The number of carbonyl (C=O) groups excluding carboxylic acids is 2. The molecule has 1 N–H and O–H groups in total. The van der Waals surface area contributed by atoms with Crippen LogP contribution in [0.25, 0.3) is 0 Å². The van der Waals surface area contributed by atoms with Gasteiger partial charge in [0.1, 0.15) is 10.9 Å². The lowest BCUT2D eigenvalue weighted by atomic mass is 10.2. The maximum atomic E-state index is 12.4. The van der Waals surface area contributed by atoms with Crippen molar-refractivity contribution in [1.82, 2.24) is 9.62 Å². The van der Waals surface area contributed by atoms with E-state index in [1.165, 1.54) is 0 Å². The van der Waals surface area contributed by atoms with Crippen LogP contribution >= 0.6 is 22.7 Å². The highest BCUT2D eigenvalue weighted by molar-refractivity contribution is 8.35. The second kappa shape index (κ2) is 12.1. The number of hydrogen-bond donors (Lipinski definition) is 1. The molecular weight excluding hydrogens is 511 g/mol. The molecule has 1 aromatic rings. The van der Waals surface area contributed by atoms with Gasteiger partial charge in [-0.2, -0.15) is 21.6 Å². The topological polar surface area (TPSA) is 86.8 Å². The van der Waals surface area contributed by atoms with Crippen molar-refractivity contribution in [3.63, 3.8) is 0 Å². The van der Waals surface area contributed by atoms with Crippen LogP contribution in [0.15, 0.2) is 24.3 Å². The summed E-state index contributed by atoms with van der Waals surface area (Å²) in [6, 6.07) is 7.81. The van der Waals surface area contributed by atoms with E-state index in [1.54, 1.807) is 5.37 Å². The summed E-state index contributed by atoms with van der Waals surface area (Å²) in [4.78, 5) is 27.3. The SMILES string of the molecule is CCCCN(CCCC)c1ccc(C=S2CC(=O)N(CC(=O)NS(=O)(=O)C(F)(F)F)C2=S)cc1. The van der Waals surface area contributed by atoms with Gasteiger partial charge in [0, 0.05) is 18.8 Å². The Morgan fingerprint density at radius 1 is 1.18 bits per heavy atom. The van der Waals surface area contributed by atoms with Crippen molar-refractivity contribution in [3.05, 3.63) is 29.8 Å². The van der Waals surface area contributed by atoms with Gasteiger partial charge in [0.05, 0.1) is 5.75 Å². The molecule has 0 spiro atoms. The highest BCUT2D eigenvalue weighted by atomic mass is 32.2. The van der Waals surface area contributed by atoms with E-state index in [9.17, 15) is 31.2 Å². The fourth-order valence-corrected chi connectivity index (χ4v) is 5.77. The van der Waals surface area contributed by atoms with Crippen LogP contribution in [0.4, 0.5) is 18.9 Å². The Hall–Kier alpha value is -1.99. The Labute approximate surface area is 205 Å². The summed E-state index contributed by atoms with van der Waals surface area (Å²) in [5.74, 6) is -2.06. The molecule has 1 fully saturated rings. The van der Waals surface area contributed by atoms with Gasteiger partial charge in [-0.15, -0.1) is 10.5 Å². The first-order chi connectivity index (χ1) is 15.9. The number of nitrogens with zero attached hydrogens (tertiary/aromatic N) is 2. The molecule has 1 aliphatic heterocycles. The lowest BCUT2D eigenvalue weighted by Gasteiger charge is -2.24. The zero-order chi connectivity index (χ0) is 25.5. The van der Waals surface area contributed by atoms with Crippen molar-refractivity contribution in [3.8, 4) is 0 Å². The van der Waals surface area contributed by atoms with Gasteiger partial charge in [0.25, 0.3) is 5.91 Å². The summed E-state index contributed by atoms with van der Waals surface area (Å²) in [6.45, 7) is 5.32. The molecule has 1 aromatic carbocycles. The molecule has 0 aliphatic carbocycles. The Bertz CT molecular complexity index is 1030. The number of rotatable bonds is 11. The van der Waals surface area contributed by atoms with E-state index in [-0.39, 0.29) is 10.1 Å². The summed E-state index contributed by atoms with van der Waals surface area (Å²) in [7, 11) is -6.70. The van der Waals surface area contributed by atoms with E-state index in [1.807, 2.05) is 24.3 Å². The molecule has 0 radical (unpaired) electrons. The minimum absolute atomic E-state index is 0.0288. The predicted octanol–water partition coefficient (Wildman–Crippen LogP) is 3.61. The van der Waals surface area contributed by atoms with E-state index < -0.39 is 44.4 Å². The number of carbonyl (C=O) groups is 2. The molecule has 7 nitrogen and oxygen atoms in total. The quantitative estimate of drug-likeness (QED) is 0.433. The van der Waals surface area contributed by atoms with E-state index in [0.29, 0.717) is 0 Å². The van der Waals surface area contributed by atoms with Gasteiger partial charge in [0.15, 0.2) is 0 Å². The average molecular weight is 540 g/mol. The fraction of sp³-hybridized carbons (Fsp3) is 0.524. The molecule has 2 amide bonds. The van der Waals surface area contributed by atoms with Crippen LogP contribution in [0.5, 0.6) is 0 Å². The van der Waals surface area contributed by atoms with Crippen molar-refractivity contribution >= 4 is 59.9 Å². The van der Waals surface area contributed by atoms with Gasteiger partial charge < -0.3 is 4.90 Å². The number of anilines is 1. The van der Waals surface area contributed by atoms with Crippen LogP contribution < -0.4 is 9.62 Å². The van der Waals surface area contributed by atoms with Crippen molar-refractivity contribution in [1.29, 1.82) is 0 Å². The van der Waals surface area contributed by atoms with E-state index in [0.717, 1.165) is 59.6 Å². The van der Waals surface area contributed by atoms with Gasteiger partial charge in [-0.05, 0) is 35.9 Å². The van der Waals surface area contributed by atoms with Crippen LogP contribution in [0.2, 0.25) is 0 Å². The van der Waals surface area contributed by atoms with Crippen LogP contribution in [0, 0.1) is 0 Å². The molecule has 0 bridgehead atoms. The van der Waals surface area contributed by atoms with Crippen LogP contribution in [-0.4, -0.2) is 65.7 Å². The van der Waals surface area contributed by atoms with Gasteiger partial charge in [-0.25, -0.2) is 4.72 Å². The highest BCUT2D eigenvalue weighted by Gasteiger charge is 2.47. The molecular formula is C21H28F3N3O4S3. The normalized spacial score (nSPS) is 16.9. The minimum atomic E-state index is -5.85. The summed E-state index contributed by atoms with van der Waals surface area (Å²) in [6.07, 6.45) is 4.37. The fourth-order valence-electron chi connectivity index (χ4n) is 3.14. The Kier molecular flexibility index (Phi) is 10.1. The zero-order valence-corrected chi connectivity index (χ0v) is 21.4. The first kappa shape index (κ1) is 28.2. The van der Waals surface area contributed by atoms with Crippen molar-refractivity contribution in [2.24, 2.45) is 0 Å². The second-order valence-electron chi connectivity index (χ2n) is 7.70. The van der Waals surface area contributed by atoms with E-state index in [4.69, 9.17) is 12.2 Å². The summed E-state index contributed by atoms with van der Waals surface area (Å²) in [5, 5.41) is 1.79. The molecule has 1 atom stereocenters. The Morgan fingerprint density at radius 2 is 1.74 bits per heavy atom. The van der Waals surface area contributed by atoms with E-state index >= 15 is 0 Å². The number of thiocarbonyl (C=S) groups is 1. The number of unbranched alkanes of at least 4 members (excludes halogenated alkanes) is 2. The molecule has 2 rings (SSSR count). The van der Waals surface area contributed by atoms with Gasteiger partial charge in [-0.3, -0.25) is 14.5 Å². The molecule has 1 saturated heterocycles. The summed E-state index contributed by atoms with van der Waals surface area (Å²) >= 11 is 5.26. The predicted molar refractivity (Wildman–Crippen MR) is 134 cm³/mol. The number of amides is 2. The largest absolute Gasteiger partial charge is 0.516 e. The number of benzene rings is 1. The molecule has 13 heteroatoms. The lowest BCUT2D eigenvalue weighted by Crippen LogP contribution is -2.46. The molecule has 1 aliphatic rings. The molecule has 1 unspecified atom stereocenters. The van der Waals surface area contributed by atoms with Gasteiger partial charge in [0.2, 0.25) is 5.91 Å². The lowest BCUT2D eigenvalue weighted by molar-refractivity contribution is -0.129. The van der Waals surface area contributed by atoms with Crippen LogP contribution in [-0.2, 0) is 19.6 Å². The first-order valence-electron chi connectivity index (χ1n) is 10.8. The van der Waals surface area contributed by atoms with Gasteiger partial charge in [-0.1, -0.05) is 51.0 Å². The average Bonchev–Trinajstić information content (AvgIpc) is 3.00. The molecule has 0 aromatic heterocycles. The van der Waals surface area contributed by atoms with E-state index in [2.05, 4.69) is 18.7 Å². The standard InChI is InChI=1S/C21H28F3N3O4S3/c1-3-5-11-26(12-6-4-2)17-9-7-16(8-10-17)14-33-15-19(29)27(20(33)32)13-18(28)25-34(30,31)21(22,23)24/h7-10,14H,3-6,11-13,15H2,1-2H3,(H,25,28). The summed E-state index contributed by atoms with van der Waals surface area (Å²) in [5.41, 5.74) is -3.72. The third-order valence-corrected chi connectivity index (χ3v) is 8.73. The number of nitrogens with one attached hydrogen (secondary N) is 1. The smallest absolute Gasteiger partial charge is 0.372 e. The monoisotopic (exact) mass is 539 g/mol. The molecule has 34 heavy (non-hydrogen) atoms. The number of alkyl halides is 3. The Balaban J connectivity index is 2.10. The van der Waals surface area contributed by atoms with Gasteiger partial charge >= 0.3 is 15.5 Å². The number of halogens is 3. The van der Waals surface area contributed by atoms with Crippen molar-refractivity contribution in [2.75, 3.05) is 30.3 Å². The Morgan fingerprint density at radius 3 is 2.24 bits per heavy atom. The maximum Gasteiger partial charge on any atom is 0.516 e. The maximum absolute atomic E-state index is 12.4. The molecule has 1 heterocycles. The third-order valence-electron chi connectivity index (χ3n) is 4.98. The van der Waals surface area contributed by atoms with Crippen LogP contribution in [0.3, 0.4) is 0 Å². The molecule has 0 saturated carbocycles. The van der Waals surface area contributed by atoms with Crippen LogP contribution in [0.1, 0.15) is 45.1 Å². The second-order valence-corrected chi connectivity index (χ2v) is 11.8. The zero-order valence-electron chi connectivity index (χ0n) is 18.9. The number of hydrogen-bond acceptors (Lipinski definition) is 6. The van der Waals surface area contributed by atoms with Crippen molar-refractivity contribution in [2.45, 2.75) is 45.0 Å². The third kappa shape index (κ3) is 7.51. The summed E-state index contributed by atoms with van der Waals surface area (Å²) < 4.78 is 60.5. The minimum Gasteiger partial charge on any atom is -0.372 e. The highest BCUT2D eigenvalue weighted by Crippen LogP contribution is 2.28. The molecule has 190 valence electrons.